The summed E-state index contributed by atoms with van der Waals surface area (Å²) in [6, 6.07) is 13.1. The number of quaternary nitrogens is 1. The molecule has 0 aliphatic heterocycles. The van der Waals surface area contributed by atoms with Gasteiger partial charge in [0.05, 0.1) is 20.5 Å². The molecule has 21 heavy (non-hydrogen) atoms. The highest BCUT2D eigenvalue weighted by atomic mass is 35.5. The minimum absolute atomic E-state index is 0.180. The zero-order valence-electron chi connectivity index (χ0n) is 11.9. The van der Waals surface area contributed by atoms with Gasteiger partial charge in [0.2, 0.25) is 5.91 Å². The van der Waals surface area contributed by atoms with E-state index in [1.165, 1.54) is 0 Å². The predicted molar refractivity (Wildman–Crippen MR) is 89.1 cm³/mol. The lowest BCUT2D eigenvalue weighted by atomic mass is 10.1. The average Bonchev–Trinajstić information content (AvgIpc) is 2.37. The van der Waals surface area contributed by atoms with E-state index in [9.17, 15) is 4.79 Å². The van der Waals surface area contributed by atoms with Crippen LogP contribution in [-0.4, -0.2) is 20.0 Å². The molecule has 5 heteroatoms. The van der Waals surface area contributed by atoms with E-state index in [-0.39, 0.29) is 12.3 Å². The van der Waals surface area contributed by atoms with Crippen LogP contribution in [0, 0.1) is 0 Å². The zero-order valence-corrected chi connectivity index (χ0v) is 13.4. The molecule has 0 aliphatic rings. The molecular weight excluding hydrogens is 307 g/mol. The van der Waals surface area contributed by atoms with Gasteiger partial charge in [-0.1, -0.05) is 47.5 Å². The number of carbonyl (C=O) groups is 1. The third kappa shape index (κ3) is 3.21. The Labute approximate surface area is 134 Å². The number of rotatable bonds is 4. The zero-order chi connectivity index (χ0) is 15.6. The second-order valence-electron chi connectivity index (χ2n) is 5.30. The van der Waals surface area contributed by atoms with Crippen molar-refractivity contribution in [2.75, 3.05) is 14.1 Å². The highest BCUT2D eigenvalue weighted by Gasteiger charge is 2.30. The lowest BCUT2D eigenvalue weighted by Crippen LogP contribution is -2.36. The number of primary amides is 1. The summed E-state index contributed by atoms with van der Waals surface area (Å²) in [4.78, 5) is 11.3. The van der Waals surface area contributed by atoms with E-state index in [4.69, 9.17) is 28.9 Å². The molecule has 0 saturated carbocycles. The van der Waals surface area contributed by atoms with Crippen LogP contribution in [-0.2, 0) is 11.2 Å². The Morgan fingerprint density at radius 1 is 1.05 bits per heavy atom. The summed E-state index contributed by atoms with van der Waals surface area (Å²) in [6.07, 6.45) is 0.180. The summed E-state index contributed by atoms with van der Waals surface area (Å²) in [5.74, 6) is -0.368. The molecule has 0 heterocycles. The molecule has 0 fully saturated rings. The van der Waals surface area contributed by atoms with Gasteiger partial charge in [-0.15, -0.1) is 0 Å². The molecule has 0 aliphatic carbocycles. The fourth-order valence-corrected chi connectivity index (χ4v) is 3.36. The SMILES string of the molecule is C[N+](C)(c1ccccc1CC(N)=O)c1c(Cl)cccc1Cl. The first-order valence-corrected chi connectivity index (χ1v) is 7.25. The third-order valence-corrected chi connectivity index (χ3v) is 4.07. The molecular formula is C16H17Cl2N2O+. The maximum atomic E-state index is 11.3. The molecule has 2 aromatic rings. The van der Waals surface area contributed by atoms with Crippen molar-refractivity contribution in [3.63, 3.8) is 0 Å². The second-order valence-corrected chi connectivity index (χ2v) is 6.11. The van der Waals surface area contributed by atoms with E-state index in [1.807, 2.05) is 44.4 Å². The molecule has 2 rings (SSSR count). The lowest BCUT2D eigenvalue weighted by Gasteiger charge is -2.32. The van der Waals surface area contributed by atoms with E-state index < -0.39 is 0 Å². The van der Waals surface area contributed by atoms with Gasteiger partial charge in [-0.3, -0.25) is 9.28 Å². The van der Waals surface area contributed by atoms with E-state index in [0.29, 0.717) is 14.5 Å². The van der Waals surface area contributed by atoms with Crippen molar-refractivity contribution >= 4 is 40.5 Å². The number of amides is 1. The largest absolute Gasteiger partial charge is 0.369 e. The Morgan fingerprint density at radius 2 is 1.62 bits per heavy atom. The third-order valence-electron chi connectivity index (χ3n) is 3.46. The number of nitrogens with zero attached hydrogens (tertiary/aromatic N) is 1. The van der Waals surface area contributed by atoms with Crippen LogP contribution in [0.15, 0.2) is 42.5 Å². The molecule has 110 valence electrons. The summed E-state index contributed by atoms with van der Waals surface area (Å²) >= 11 is 12.7. The van der Waals surface area contributed by atoms with Crippen LogP contribution in [0.25, 0.3) is 0 Å². The second kappa shape index (κ2) is 6.06. The smallest absolute Gasteiger partial charge is 0.222 e. The van der Waals surface area contributed by atoms with Crippen LogP contribution in [0.5, 0.6) is 0 Å². The van der Waals surface area contributed by atoms with Crippen LogP contribution in [0.2, 0.25) is 10.0 Å². The minimum atomic E-state index is -0.368. The van der Waals surface area contributed by atoms with Gasteiger partial charge in [-0.2, -0.15) is 0 Å². The van der Waals surface area contributed by atoms with E-state index in [0.717, 1.165) is 16.9 Å². The van der Waals surface area contributed by atoms with E-state index >= 15 is 0 Å². The molecule has 0 radical (unpaired) electrons. The molecule has 0 spiro atoms. The maximum Gasteiger partial charge on any atom is 0.222 e. The molecule has 0 bridgehead atoms. The van der Waals surface area contributed by atoms with Crippen molar-refractivity contribution < 1.29 is 4.79 Å². The molecule has 0 unspecified atom stereocenters. The van der Waals surface area contributed by atoms with Crippen molar-refractivity contribution in [2.45, 2.75) is 6.42 Å². The Balaban J connectivity index is 2.62. The molecule has 0 saturated heterocycles. The van der Waals surface area contributed by atoms with Crippen molar-refractivity contribution in [3.8, 4) is 0 Å². The van der Waals surface area contributed by atoms with Crippen LogP contribution < -0.4 is 10.2 Å². The van der Waals surface area contributed by atoms with Crippen LogP contribution >= 0.6 is 23.2 Å². The molecule has 3 nitrogen and oxygen atoms in total. The van der Waals surface area contributed by atoms with Gasteiger partial charge in [-0.05, 0) is 18.2 Å². The van der Waals surface area contributed by atoms with Crippen molar-refractivity contribution in [1.82, 2.24) is 4.48 Å². The summed E-state index contributed by atoms with van der Waals surface area (Å²) in [5, 5.41) is 1.17. The Kier molecular flexibility index (Phi) is 4.57. The number of carbonyl (C=O) groups excluding carboxylic acids is 1. The lowest BCUT2D eigenvalue weighted by molar-refractivity contribution is -0.117. The summed E-state index contributed by atoms with van der Waals surface area (Å²) in [5.41, 5.74) is 7.93. The molecule has 0 aromatic heterocycles. The quantitative estimate of drug-likeness (QED) is 0.851. The van der Waals surface area contributed by atoms with Gasteiger partial charge in [0, 0.05) is 5.56 Å². The van der Waals surface area contributed by atoms with E-state index in [1.54, 1.807) is 12.1 Å². The van der Waals surface area contributed by atoms with Crippen molar-refractivity contribution in [2.24, 2.45) is 5.73 Å². The average molecular weight is 324 g/mol. The first-order chi connectivity index (χ1) is 9.84. The fraction of sp³-hybridized carbons (Fsp3) is 0.188. The topological polar surface area (TPSA) is 43.1 Å². The maximum absolute atomic E-state index is 11.3. The number of halogens is 2. The number of hydrogen-bond acceptors (Lipinski definition) is 1. The minimum Gasteiger partial charge on any atom is -0.369 e. The number of para-hydroxylation sites is 2. The Morgan fingerprint density at radius 3 is 2.19 bits per heavy atom. The van der Waals surface area contributed by atoms with Crippen LogP contribution in [0.1, 0.15) is 5.56 Å². The summed E-state index contributed by atoms with van der Waals surface area (Å²) in [7, 11) is 3.96. The predicted octanol–water partition coefficient (Wildman–Crippen LogP) is 3.92. The Bertz CT molecular complexity index is 663. The number of hydrogen-bond donors (Lipinski definition) is 1. The van der Waals surface area contributed by atoms with Gasteiger partial charge in [0.25, 0.3) is 0 Å². The monoisotopic (exact) mass is 323 g/mol. The van der Waals surface area contributed by atoms with Gasteiger partial charge >= 0.3 is 0 Å². The fourth-order valence-electron chi connectivity index (χ4n) is 2.54. The first-order valence-electron chi connectivity index (χ1n) is 6.49. The van der Waals surface area contributed by atoms with Gasteiger partial charge in [0.1, 0.15) is 15.7 Å². The van der Waals surface area contributed by atoms with Crippen LogP contribution in [0.3, 0.4) is 0 Å². The van der Waals surface area contributed by atoms with Gasteiger partial charge < -0.3 is 5.73 Å². The molecule has 2 N–H and O–H groups in total. The van der Waals surface area contributed by atoms with Gasteiger partial charge in [0.15, 0.2) is 5.69 Å². The number of nitrogens with two attached hydrogens (primary N) is 1. The molecule has 0 atom stereocenters. The van der Waals surface area contributed by atoms with Crippen molar-refractivity contribution in [1.29, 1.82) is 0 Å². The van der Waals surface area contributed by atoms with Crippen molar-refractivity contribution in [3.05, 3.63) is 58.1 Å². The summed E-state index contributed by atoms with van der Waals surface area (Å²) in [6.45, 7) is 0. The highest BCUT2D eigenvalue weighted by Crippen LogP contribution is 2.42. The van der Waals surface area contributed by atoms with E-state index in [2.05, 4.69) is 0 Å². The standard InChI is InChI=1S/C16H16Cl2N2O/c1-20(2,16-12(17)7-5-8-13(16)18)14-9-4-3-6-11(14)10-15(19)21/h3-9H,10H2,1-2H3,(H-,19,21)/p+1. The number of benzene rings is 2. The normalized spacial score (nSPS) is 11.4. The summed E-state index contributed by atoms with van der Waals surface area (Å²) < 4.78 is 0.335. The van der Waals surface area contributed by atoms with Crippen LogP contribution in [0.4, 0.5) is 11.4 Å². The molecule has 1 amide bonds. The Hall–Kier alpha value is -1.55. The highest BCUT2D eigenvalue weighted by molar-refractivity contribution is 6.39. The first kappa shape index (κ1) is 15.8. The van der Waals surface area contributed by atoms with Gasteiger partial charge in [-0.25, -0.2) is 0 Å². The molecule has 2 aromatic carbocycles.